The molecule has 0 bridgehead atoms. The lowest BCUT2D eigenvalue weighted by atomic mass is 10.1. The molecule has 6 heteroatoms. The molecule has 1 unspecified atom stereocenters. The van der Waals surface area contributed by atoms with Crippen LogP contribution >= 0.6 is 23.1 Å². The van der Waals surface area contributed by atoms with Crippen molar-refractivity contribution in [1.82, 2.24) is 15.5 Å². The van der Waals surface area contributed by atoms with Gasteiger partial charge in [0, 0.05) is 17.3 Å². The number of aryl methyl sites for hydroxylation is 1. The molecule has 1 aromatic rings. The zero-order chi connectivity index (χ0) is 11.6. The molecule has 16 heavy (non-hydrogen) atoms. The van der Waals surface area contributed by atoms with Gasteiger partial charge in [0.25, 0.3) is 0 Å². The van der Waals surface area contributed by atoms with Gasteiger partial charge in [-0.15, -0.1) is 10.2 Å². The average molecular weight is 259 g/mol. The second-order valence-electron chi connectivity index (χ2n) is 4.51. The van der Waals surface area contributed by atoms with Crippen LogP contribution in [0, 0.1) is 6.92 Å². The number of nitrogens with one attached hydrogen (secondary N) is 1. The predicted octanol–water partition coefficient (Wildman–Crippen LogP) is 1.44. The summed E-state index contributed by atoms with van der Waals surface area (Å²) in [5, 5.41) is 22.0. The fraction of sp³-hybridized carbons (Fsp3) is 0.800. The summed E-state index contributed by atoms with van der Waals surface area (Å²) in [6.45, 7) is 4.18. The highest BCUT2D eigenvalue weighted by Gasteiger charge is 2.32. The summed E-state index contributed by atoms with van der Waals surface area (Å²) in [5.74, 6) is 0.828. The summed E-state index contributed by atoms with van der Waals surface area (Å²) in [7, 11) is 0. The maximum absolute atomic E-state index is 9.44. The van der Waals surface area contributed by atoms with Crippen molar-refractivity contribution in [3.63, 3.8) is 0 Å². The molecule has 0 aliphatic heterocycles. The second-order valence-corrected chi connectivity index (χ2v) is 6.92. The lowest BCUT2D eigenvalue weighted by Crippen LogP contribution is -2.49. The van der Waals surface area contributed by atoms with E-state index in [1.54, 1.807) is 23.1 Å². The van der Waals surface area contributed by atoms with E-state index in [-0.39, 0.29) is 12.1 Å². The molecule has 2 rings (SSSR count). The molecule has 1 fully saturated rings. The van der Waals surface area contributed by atoms with Gasteiger partial charge in [-0.05, 0) is 26.7 Å². The van der Waals surface area contributed by atoms with Crippen LogP contribution in [0.25, 0.3) is 0 Å². The third-order valence-electron chi connectivity index (χ3n) is 2.50. The Labute approximate surface area is 104 Å². The van der Waals surface area contributed by atoms with Gasteiger partial charge < -0.3 is 10.4 Å². The number of nitrogens with zero attached hydrogens (tertiary/aromatic N) is 2. The minimum absolute atomic E-state index is 0.161. The van der Waals surface area contributed by atoms with E-state index in [1.165, 1.54) is 12.8 Å². The highest BCUT2D eigenvalue weighted by molar-refractivity contribution is 8.01. The molecule has 1 heterocycles. The molecule has 2 N–H and O–H groups in total. The van der Waals surface area contributed by atoms with E-state index >= 15 is 0 Å². The summed E-state index contributed by atoms with van der Waals surface area (Å²) in [6.07, 6.45) is 2.47. The van der Waals surface area contributed by atoms with Gasteiger partial charge >= 0.3 is 0 Å². The van der Waals surface area contributed by atoms with Crippen molar-refractivity contribution < 1.29 is 5.11 Å². The normalized spacial score (nSPS) is 19.7. The average Bonchev–Trinajstić information content (AvgIpc) is 2.97. The van der Waals surface area contributed by atoms with Crippen LogP contribution in [0.1, 0.15) is 24.8 Å². The Morgan fingerprint density at radius 2 is 2.31 bits per heavy atom. The summed E-state index contributed by atoms with van der Waals surface area (Å²) < 4.78 is 0.981. The minimum Gasteiger partial charge on any atom is -0.394 e. The highest BCUT2D eigenvalue weighted by atomic mass is 32.2. The first-order chi connectivity index (χ1) is 7.61. The number of aromatic nitrogens is 2. The molecule has 0 radical (unpaired) electrons. The van der Waals surface area contributed by atoms with E-state index in [0.717, 1.165) is 15.1 Å². The number of aliphatic hydroxyl groups excluding tert-OH is 1. The summed E-state index contributed by atoms with van der Waals surface area (Å²) in [4.78, 5) is 0. The lowest BCUT2D eigenvalue weighted by molar-refractivity contribution is 0.190. The topological polar surface area (TPSA) is 58.0 Å². The fourth-order valence-corrected chi connectivity index (χ4v) is 3.32. The number of rotatable bonds is 6. The molecule has 1 atom stereocenters. The monoisotopic (exact) mass is 259 g/mol. The molecule has 1 aromatic heterocycles. The summed E-state index contributed by atoms with van der Waals surface area (Å²) in [5.41, 5.74) is -0.203. The van der Waals surface area contributed by atoms with Crippen LogP contribution in [0.2, 0.25) is 0 Å². The van der Waals surface area contributed by atoms with Crippen molar-refractivity contribution in [2.75, 3.05) is 12.4 Å². The minimum atomic E-state index is -0.203. The molecule has 0 saturated heterocycles. The second kappa shape index (κ2) is 5.00. The van der Waals surface area contributed by atoms with Crippen molar-refractivity contribution in [1.29, 1.82) is 0 Å². The van der Waals surface area contributed by atoms with Crippen molar-refractivity contribution in [2.45, 2.75) is 42.6 Å². The molecule has 1 aliphatic rings. The molecule has 1 saturated carbocycles. The number of aliphatic hydroxyl groups is 1. The van der Waals surface area contributed by atoms with Gasteiger partial charge in [0.2, 0.25) is 0 Å². The van der Waals surface area contributed by atoms with Gasteiger partial charge in [-0.25, -0.2) is 0 Å². The summed E-state index contributed by atoms with van der Waals surface area (Å²) >= 11 is 3.27. The zero-order valence-corrected chi connectivity index (χ0v) is 11.2. The van der Waals surface area contributed by atoms with Gasteiger partial charge in [0.1, 0.15) is 5.01 Å². The Morgan fingerprint density at radius 1 is 1.56 bits per heavy atom. The van der Waals surface area contributed by atoms with Crippen molar-refractivity contribution in [3.05, 3.63) is 5.01 Å². The third-order valence-corrected chi connectivity index (χ3v) is 4.85. The number of hydrogen-bond acceptors (Lipinski definition) is 6. The van der Waals surface area contributed by atoms with Crippen molar-refractivity contribution in [2.24, 2.45) is 0 Å². The first-order valence-corrected chi connectivity index (χ1v) is 7.23. The maximum atomic E-state index is 9.44. The van der Waals surface area contributed by atoms with Crippen LogP contribution in [0.15, 0.2) is 4.34 Å². The molecule has 0 aromatic carbocycles. The molecular weight excluding hydrogens is 242 g/mol. The van der Waals surface area contributed by atoms with Gasteiger partial charge in [-0.3, -0.25) is 0 Å². The van der Waals surface area contributed by atoms with Gasteiger partial charge in [0.05, 0.1) is 6.61 Å². The first kappa shape index (κ1) is 12.3. The first-order valence-electron chi connectivity index (χ1n) is 5.43. The van der Waals surface area contributed by atoms with Crippen LogP contribution in [0.4, 0.5) is 0 Å². The fourth-order valence-electron chi connectivity index (χ4n) is 1.41. The molecule has 4 nitrogen and oxygen atoms in total. The van der Waals surface area contributed by atoms with Crippen LogP contribution in [0.3, 0.4) is 0 Å². The van der Waals surface area contributed by atoms with Crippen LogP contribution in [0.5, 0.6) is 0 Å². The maximum Gasteiger partial charge on any atom is 0.174 e. The molecule has 1 aliphatic carbocycles. The van der Waals surface area contributed by atoms with Crippen LogP contribution < -0.4 is 5.32 Å². The molecule has 0 amide bonds. The largest absolute Gasteiger partial charge is 0.394 e. The Morgan fingerprint density at radius 3 is 2.81 bits per heavy atom. The zero-order valence-electron chi connectivity index (χ0n) is 9.56. The van der Waals surface area contributed by atoms with E-state index in [0.29, 0.717) is 6.04 Å². The predicted molar refractivity (Wildman–Crippen MR) is 67.0 cm³/mol. The highest BCUT2D eigenvalue weighted by Crippen LogP contribution is 2.28. The number of thioether (sulfide) groups is 1. The van der Waals surface area contributed by atoms with E-state index in [1.807, 2.05) is 6.92 Å². The van der Waals surface area contributed by atoms with Crippen LogP contribution in [-0.4, -0.2) is 39.2 Å². The lowest BCUT2D eigenvalue weighted by Gasteiger charge is -2.28. The SMILES string of the molecule is Cc1nnc(SCC(C)(CO)NC2CC2)s1. The van der Waals surface area contributed by atoms with E-state index in [4.69, 9.17) is 0 Å². The Kier molecular flexibility index (Phi) is 3.84. The molecule has 0 spiro atoms. The molecular formula is C10H17N3OS2. The van der Waals surface area contributed by atoms with Crippen molar-refractivity contribution >= 4 is 23.1 Å². The summed E-state index contributed by atoms with van der Waals surface area (Å²) in [6, 6.07) is 0.605. The quantitative estimate of drug-likeness (QED) is 0.757. The van der Waals surface area contributed by atoms with Crippen LogP contribution in [-0.2, 0) is 0 Å². The van der Waals surface area contributed by atoms with E-state index in [2.05, 4.69) is 22.4 Å². The smallest absolute Gasteiger partial charge is 0.174 e. The van der Waals surface area contributed by atoms with Crippen molar-refractivity contribution in [3.8, 4) is 0 Å². The number of hydrogen-bond donors (Lipinski definition) is 2. The standard InChI is InChI=1S/C10H17N3OS2/c1-7-12-13-9(16-7)15-6-10(2,5-14)11-8-3-4-8/h8,11,14H,3-6H2,1-2H3. The van der Waals surface area contributed by atoms with E-state index in [9.17, 15) is 5.11 Å². The van der Waals surface area contributed by atoms with Gasteiger partial charge in [0.15, 0.2) is 4.34 Å². The van der Waals surface area contributed by atoms with E-state index < -0.39 is 0 Å². The van der Waals surface area contributed by atoms with Gasteiger partial charge in [-0.2, -0.15) is 0 Å². The Balaban J connectivity index is 1.85. The van der Waals surface area contributed by atoms with Gasteiger partial charge in [-0.1, -0.05) is 23.1 Å². The molecule has 90 valence electrons. The Bertz CT molecular complexity index is 354. The third kappa shape index (κ3) is 3.41. The Hall–Kier alpha value is -0.170.